The van der Waals surface area contributed by atoms with Gasteiger partial charge in [0.1, 0.15) is 12.4 Å². The third-order valence-corrected chi connectivity index (χ3v) is 3.31. The van der Waals surface area contributed by atoms with Crippen LogP contribution in [-0.2, 0) is 6.61 Å². The molecular weight excluding hydrogens is 304 g/mol. The Labute approximate surface area is 121 Å². The molecule has 4 heteroatoms. The fraction of sp³-hybridized carbons (Fsp3) is 0.267. The first-order valence-corrected chi connectivity index (χ1v) is 6.94. The molecule has 0 spiro atoms. The summed E-state index contributed by atoms with van der Waals surface area (Å²) in [7, 11) is 0. The molecule has 1 heterocycles. The van der Waals surface area contributed by atoms with E-state index in [0.717, 1.165) is 26.9 Å². The van der Waals surface area contributed by atoms with Gasteiger partial charge in [-0.05, 0) is 53.0 Å². The van der Waals surface area contributed by atoms with Crippen LogP contribution in [0.5, 0.6) is 5.75 Å². The Hall–Kier alpha value is -1.39. The molecule has 0 aliphatic carbocycles. The molecule has 0 amide bonds. The largest absolute Gasteiger partial charge is 0.489 e. The summed E-state index contributed by atoms with van der Waals surface area (Å²) in [5.74, 6) is 0.879. The van der Waals surface area contributed by atoms with Crippen molar-refractivity contribution in [2.75, 3.05) is 0 Å². The van der Waals surface area contributed by atoms with E-state index in [1.165, 1.54) is 0 Å². The Morgan fingerprint density at radius 2 is 2.11 bits per heavy atom. The molecule has 0 radical (unpaired) electrons. The third kappa shape index (κ3) is 3.78. The van der Waals surface area contributed by atoms with Crippen molar-refractivity contribution in [1.82, 2.24) is 4.98 Å². The Kier molecular flexibility index (Phi) is 4.56. The Bertz CT molecular complexity index is 570. The molecule has 0 fully saturated rings. The highest BCUT2D eigenvalue weighted by Crippen LogP contribution is 2.23. The Morgan fingerprint density at radius 1 is 1.32 bits per heavy atom. The minimum Gasteiger partial charge on any atom is -0.489 e. The van der Waals surface area contributed by atoms with Gasteiger partial charge in [0, 0.05) is 28.5 Å². The zero-order valence-corrected chi connectivity index (χ0v) is 12.6. The number of aromatic nitrogens is 1. The van der Waals surface area contributed by atoms with Gasteiger partial charge in [0.15, 0.2) is 0 Å². The molecule has 19 heavy (non-hydrogen) atoms. The SMILES string of the molecule is Cc1cc(C(C)N)ccc1OCc1cncc(Br)c1. The molecule has 0 aliphatic rings. The molecule has 0 saturated heterocycles. The van der Waals surface area contributed by atoms with Crippen LogP contribution in [0.2, 0.25) is 0 Å². The summed E-state index contributed by atoms with van der Waals surface area (Å²) in [6, 6.07) is 8.09. The zero-order valence-electron chi connectivity index (χ0n) is 11.1. The van der Waals surface area contributed by atoms with E-state index < -0.39 is 0 Å². The topological polar surface area (TPSA) is 48.1 Å². The summed E-state index contributed by atoms with van der Waals surface area (Å²) in [6.45, 7) is 4.51. The standard InChI is InChI=1S/C15H17BrN2O/c1-10-5-13(11(2)17)3-4-15(10)19-9-12-6-14(16)8-18-7-12/h3-8,11H,9,17H2,1-2H3. The average molecular weight is 321 g/mol. The van der Waals surface area contributed by atoms with Gasteiger partial charge >= 0.3 is 0 Å². The molecule has 2 N–H and O–H groups in total. The van der Waals surface area contributed by atoms with Crippen LogP contribution in [0.3, 0.4) is 0 Å². The van der Waals surface area contributed by atoms with Crippen molar-refractivity contribution in [2.24, 2.45) is 5.73 Å². The van der Waals surface area contributed by atoms with E-state index in [-0.39, 0.29) is 6.04 Å². The summed E-state index contributed by atoms with van der Waals surface area (Å²) in [5, 5.41) is 0. The van der Waals surface area contributed by atoms with Crippen molar-refractivity contribution >= 4 is 15.9 Å². The quantitative estimate of drug-likeness (QED) is 0.933. The third-order valence-electron chi connectivity index (χ3n) is 2.88. The highest BCUT2D eigenvalue weighted by molar-refractivity contribution is 9.10. The lowest BCUT2D eigenvalue weighted by Crippen LogP contribution is -2.05. The number of pyridine rings is 1. The van der Waals surface area contributed by atoms with Gasteiger partial charge < -0.3 is 10.5 Å². The van der Waals surface area contributed by atoms with Gasteiger partial charge in [-0.25, -0.2) is 0 Å². The first-order valence-electron chi connectivity index (χ1n) is 6.14. The number of hydrogen-bond acceptors (Lipinski definition) is 3. The van der Waals surface area contributed by atoms with Gasteiger partial charge in [-0.1, -0.05) is 12.1 Å². The second kappa shape index (κ2) is 6.17. The van der Waals surface area contributed by atoms with Gasteiger partial charge in [-0.15, -0.1) is 0 Å². The number of nitrogens with zero attached hydrogens (tertiary/aromatic N) is 1. The Morgan fingerprint density at radius 3 is 2.74 bits per heavy atom. The summed E-state index contributed by atoms with van der Waals surface area (Å²) in [5.41, 5.74) is 9.11. The van der Waals surface area contributed by atoms with Gasteiger partial charge in [0.25, 0.3) is 0 Å². The molecule has 2 aromatic rings. The first-order chi connectivity index (χ1) is 9.06. The van der Waals surface area contributed by atoms with Crippen molar-refractivity contribution in [3.05, 3.63) is 57.8 Å². The summed E-state index contributed by atoms with van der Waals surface area (Å²) in [4.78, 5) is 4.11. The molecule has 1 atom stereocenters. The van der Waals surface area contributed by atoms with Crippen LogP contribution in [-0.4, -0.2) is 4.98 Å². The van der Waals surface area contributed by atoms with Crippen LogP contribution in [0.25, 0.3) is 0 Å². The monoisotopic (exact) mass is 320 g/mol. The number of aryl methyl sites for hydroxylation is 1. The van der Waals surface area contributed by atoms with E-state index in [9.17, 15) is 0 Å². The number of benzene rings is 1. The summed E-state index contributed by atoms with van der Waals surface area (Å²) < 4.78 is 6.77. The highest BCUT2D eigenvalue weighted by atomic mass is 79.9. The second-order valence-corrected chi connectivity index (χ2v) is 5.53. The lowest BCUT2D eigenvalue weighted by atomic mass is 10.1. The Balaban J connectivity index is 2.07. The van der Waals surface area contributed by atoms with Crippen molar-refractivity contribution in [3.63, 3.8) is 0 Å². The van der Waals surface area contributed by atoms with Crippen molar-refractivity contribution < 1.29 is 4.74 Å². The molecule has 1 aromatic carbocycles. The maximum absolute atomic E-state index is 5.86. The predicted molar refractivity (Wildman–Crippen MR) is 80.1 cm³/mol. The van der Waals surface area contributed by atoms with Crippen molar-refractivity contribution in [3.8, 4) is 5.75 Å². The van der Waals surface area contributed by atoms with Gasteiger partial charge in [0.05, 0.1) is 0 Å². The lowest BCUT2D eigenvalue weighted by Gasteiger charge is -2.12. The molecule has 1 unspecified atom stereocenters. The van der Waals surface area contributed by atoms with Gasteiger partial charge in [-0.2, -0.15) is 0 Å². The van der Waals surface area contributed by atoms with Crippen LogP contribution < -0.4 is 10.5 Å². The maximum Gasteiger partial charge on any atom is 0.122 e. The zero-order chi connectivity index (χ0) is 13.8. The summed E-state index contributed by atoms with van der Waals surface area (Å²) in [6.07, 6.45) is 3.56. The predicted octanol–water partition coefficient (Wildman–Crippen LogP) is 3.75. The molecular formula is C15H17BrN2O. The fourth-order valence-corrected chi connectivity index (χ4v) is 2.23. The minimum atomic E-state index is 0.0435. The number of ether oxygens (including phenoxy) is 1. The van der Waals surface area contributed by atoms with Gasteiger partial charge in [-0.3, -0.25) is 4.98 Å². The number of nitrogens with two attached hydrogens (primary N) is 1. The molecule has 0 saturated carbocycles. The minimum absolute atomic E-state index is 0.0435. The molecule has 1 aromatic heterocycles. The van der Waals surface area contributed by atoms with Crippen LogP contribution >= 0.6 is 15.9 Å². The molecule has 0 aliphatic heterocycles. The lowest BCUT2D eigenvalue weighted by molar-refractivity contribution is 0.303. The van der Waals surface area contributed by atoms with E-state index >= 15 is 0 Å². The number of rotatable bonds is 4. The van der Waals surface area contributed by atoms with Crippen molar-refractivity contribution in [2.45, 2.75) is 26.5 Å². The molecule has 0 bridgehead atoms. The van der Waals surface area contributed by atoms with Crippen LogP contribution in [0.1, 0.15) is 29.7 Å². The average Bonchev–Trinajstić information content (AvgIpc) is 2.37. The molecule has 100 valence electrons. The number of halogens is 1. The van der Waals surface area contributed by atoms with Gasteiger partial charge in [0.2, 0.25) is 0 Å². The summed E-state index contributed by atoms with van der Waals surface area (Å²) >= 11 is 3.40. The van der Waals surface area contributed by atoms with E-state index in [2.05, 4.69) is 27.0 Å². The van der Waals surface area contributed by atoms with Crippen molar-refractivity contribution in [1.29, 1.82) is 0 Å². The smallest absolute Gasteiger partial charge is 0.122 e. The second-order valence-electron chi connectivity index (χ2n) is 4.61. The van der Waals surface area contributed by atoms with Crippen LogP contribution in [0, 0.1) is 6.92 Å². The highest BCUT2D eigenvalue weighted by Gasteiger charge is 2.05. The fourth-order valence-electron chi connectivity index (χ4n) is 1.81. The van der Waals surface area contributed by atoms with Crippen LogP contribution in [0.15, 0.2) is 41.1 Å². The molecule has 2 rings (SSSR count). The first kappa shape index (κ1) is 14.0. The van der Waals surface area contributed by atoms with E-state index in [4.69, 9.17) is 10.5 Å². The van der Waals surface area contributed by atoms with E-state index in [1.807, 2.05) is 32.0 Å². The van der Waals surface area contributed by atoms with E-state index in [0.29, 0.717) is 6.61 Å². The normalized spacial score (nSPS) is 12.2. The number of hydrogen-bond donors (Lipinski definition) is 1. The van der Waals surface area contributed by atoms with Crippen LogP contribution in [0.4, 0.5) is 0 Å². The van der Waals surface area contributed by atoms with E-state index in [1.54, 1.807) is 12.4 Å². The maximum atomic E-state index is 5.86. The molecule has 3 nitrogen and oxygen atoms in total.